The normalized spacial score (nSPS) is 19.1. The summed E-state index contributed by atoms with van der Waals surface area (Å²) in [6.07, 6.45) is 2.62. The lowest BCUT2D eigenvalue weighted by molar-refractivity contribution is -0.137. The molecule has 2 aliphatic rings. The Labute approximate surface area is 204 Å². The number of nitrogens with one attached hydrogen (secondary N) is 1. The Hall–Kier alpha value is -3.28. The zero-order valence-electron chi connectivity index (χ0n) is 20.3. The Kier molecular flexibility index (Phi) is 7.20. The van der Waals surface area contributed by atoms with E-state index >= 15 is 0 Å². The Bertz CT molecular complexity index is 1120. The second-order valence-electron chi connectivity index (χ2n) is 9.85. The van der Waals surface area contributed by atoms with Gasteiger partial charge in [0.25, 0.3) is 0 Å². The van der Waals surface area contributed by atoms with Crippen molar-refractivity contribution in [3.05, 3.63) is 52.6 Å². The first-order valence-corrected chi connectivity index (χ1v) is 11.9. The number of aromatic nitrogens is 2. The molecule has 188 valence electrons. The maximum Gasteiger partial charge on any atom is 0.354 e. The van der Waals surface area contributed by atoms with Crippen molar-refractivity contribution in [2.75, 3.05) is 44.6 Å². The fourth-order valence-electron chi connectivity index (χ4n) is 4.40. The molecule has 0 saturated carbocycles. The molecule has 0 radical (unpaired) electrons. The van der Waals surface area contributed by atoms with Crippen LogP contribution < -0.4 is 22.5 Å². The molecule has 3 amide bonds. The summed E-state index contributed by atoms with van der Waals surface area (Å²) in [7, 11) is 0. The molecule has 0 aliphatic carbocycles. The molecule has 4 rings (SSSR count). The summed E-state index contributed by atoms with van der Waals surface area (Å²) in [5.74, 6) is 0.0379. The highest BCUT2D eigenvalue weighted by molar-refractivity contribution is 5.89. The average Bonchev–Trinajstić information content (AvgIpc) is 3.23. The SMILES string of the molecule is CC(C)(N)C(=O)N1CCN(C(=O)Nc2ccn(-c3ccc(CN4CC[C@@H](N)C4)cc3)c(=O)n2)CC1. The minimum Gasteiger partial charge on any atom is -0.338 e. The molecule has 1 aromatic carbocycles. The Balaban J connectivity index is 1.33. The van der Waals surface area contributed by atoms with Gasteiger partial charge in [-0.05, 0) is 44.0 Å². The minimum atomic E-state index is -0.944. The second kappa shape index (κ2) is 10.1. The molecule has 2 saturated heterocycles. The molecule has 2 aliphatic heterocycles. The zero-order valence-corrected chi connectivity index (χ0v) is 20.3. The van der Waals surface area contributed by atoms with Gasteiger partial charge < -0.3 is 21.3 Å². The number of anilines is 1. The third kappa shape index (κ3) is 6.05. The number of hydrogen-bond donors (Lipinski definition) is 3. The van der Waals surface area contributed by atoms with Crippen LogP contribution in [-0.4, -0.2) is 87.0 Å². The number of benzene rings is 1. The highest BCUT2D eigenvalue weighted by atomic mass is 16.2. The predicted molar refractivity (Wildman–Crippen MR) is 133 cm³/mol. The van der Waals surface area contributed by atoms with E-state index in [1.54, 1.807) is 35.9 Å². The molecule has 5 N–H and O–H groups in total. The number of hydrogen-bond acceptors (Lipinski definition) is 7. The van der Waals surface area contributed by atoms with Crippen molar-refractivity contribution in [2.24, 2.45) is 11.5 Å². The van der Waals surface area contributed by atoms with Crippen molar-refractivity contribution >= 4 is 17.8 Å². The van der Waals surface area contributed by atoms with Crippen LogP contribution in [0.1, 0.15) is 25.8 Å². The molecule has 1 aromatic heterocycles. The fraction of sp³-hybridized carbons (Fsp3) is 0.500. The van der Waals surface area contributed by atoms with E-state index in [0.29, 0.717) is 31.9 Å². The van der Waals surface area contributed by atoms with Crippen molar-refractivity contribution < 1.29 is 9.59 Å². The Morgan fingerprint density at radius 2 is 1.71 bits per heavy atom. The van der Waals surface area contributed by atoms with E-state index in [1.165, 1.54) is 4.57 Å². The molecular weight excluding hydrogens is 448 g/mol. The van der Waals surface area contributed by atoms with Crippen molar-refractivity contribution in [2.45, 2.75) is 38.4 Å². The van der Waals surface area contributed by atoms with Gasteiger partial charge in [0.1, 0.15) is 5.82 Å². The first-order valence-electron chi connectivity index (χ1n) is 11.9. The summed E-state index contributed by atoms with van der Waals surface area (Å²) in [5.41, 5.74) is 12.3. The topological polar surface area (TPSA) is 143 Å². The summed E-state index contributed by atoms with van der Waals surface area (Å²) < 4.78 is 1.43. The van der Waals surface area contributed by atoms with Gasteiger partial charge in [-0.15, -0.1) is 0 Å². The number of carbonyl (C=O) groups excluding carboxylic acids is 2. The summed E-state index contributed by atoms with van der Waals surface area (Å²) in [4.78, 5) is 47.2. The van der Waals surface area contributed by atoms with Crippen LogP contribution in [0.3, 0.4) is 0 Å². The molecule has 0 spiro atoms. The third-order valence-electron chi connectivity index (χ3n) is 6.37. The van der Waals surface area contributed by atoms with Gasteiger partial charge in [-0.3, -0.25) is 19.6 Å². The predicted octanol–water partition coefficient (Wildman–Crippen LogP) is 0.179. The lowest BCUT2D eigenvalue weighted by Crippen LogP contribution is -2.58. The number of likely N-dealkylation sites (tertiary alicyclic amines) is 1. The van der Waals surface area contributed by atoms with Crippen molar-refractivity contribution in [3.63, 3.8) is 0 Å². The van der Waals surface area contributed by atoms with Crippen molar-refractivity contribution in [3.8, 4) is 5.69 Å². The van der Waals surface area contributed by atoms with Gasteiger partial charge in [0, 0.05) is 58.1 Å². The van der Waals surface area contributed by atoms with Crippen LogP contribution >= 0.6 is 0 Å². The first-order chi connectivity index (χ1) is 16.6. The number of piperazine rings is 1. The van der Waals surface area contributed by atoms with E-state index in [-0.39, 0.29) is 23.8 Å². The van der Waals surface area contributed by atoms with E-state index in [0.717, 1.165) is 31.6 Å². The van der Waals surface area contributed by atoms with E-state index in [2.05, 4.69) is 15.2 Å². The number of amides is 3. The quantitative estimate of drug-likeness (QED) is 0.552. The molecule has 2 fully saturated rings. The van der Waals surface area contributed by atoms with E-state index in [4.69, 9.17) is 11.5 Å². The molecule has 1 atom stereocenters. The number of nitrogens with two attached hydrogens (primary N) is 2. The highest BCUT2D eigenvalue weighted by Gasteiger charge is 2.31. The van der Waals surface area contributed by atoms with Gasteiger partial charge in [-0.25, -0.2) is 9.59 Å². The lowest BCUT2D eigenvalue weighted by Gasteiger charge is -2.37. The smallest absolute Gasteiger partial charge is 0.338 e. The van der Waals surface area contributed by atoms with Crippen molar-refractivity contribution in [1.29, 1.82) is 0 Å². The number of carbonyl (C=O) groups is 2. The minimum absolute atomic E-state index is 0.142. The average molecular weight is 483 g/mol. The lowest BCUT2D eigenvalue weighted by atomic mass is 10.1. The van der Waals surface area contributed by atoms with E-state index in [1.807, 2.05) is 24.3 Å². The van der Waals surface area contributed by atoms with E-state index in [9.17, 15) is 14.4 Å². The third-order valence-corrected chi connectivity index (χ3v) is 6.37. The molecule has 3 heterocycles. The maximum absolute atomic E-state index is 12.6. The molecule has 0 unspecified atom stereocenters. The molecule has 11 heteroatoms. The standard InChI is InChI=1S/C24H34N8O3/c1-24(2,26)21(33)30-11-13-31(14-12-30)22(34)27-20-8-10-32(23(35)28-20)19-5-3-17(4-6-19)15-29-9-7-18(25)16-29/h3-6,8,10,18H,7,9,11-16,25-26H2,1-2H3,(H,27,28,34,35)/t18-/m1/s1. The van der Waals surface area contributed by atoms with Crippen LogP contribution in [-0.2, 0) is 11.3 Å². The van der Waals surface area contributed by atoms with Crippen LogP contribution in [0.2, 0.25) is 0 Å². The van der Waals surface area contributed by atoms with Gasteiger partial charge in [0.2, 0.25) is 5.91 Å². The number of urea groups is 1. The highest BCUT2D eigenvalue weighted by Crippen LogP contribution is 2.15. The molecule has 2 aromatic rings. The zero-order chi connectivity index (χ0) is 25.2. The monoisotopic (exact) mass is 482 g/mol. The van der Waals surface area contributed by atoms with Crippen LogP contribution in [0.5, 0.6) is 0 Å². The summed E-state index contributed by atoms with van der Waals surface area (Å²) in [6.45, 7) is 7.63. The molecule has 11 nitrogen and oxygen atoms in total. The molecule has 0 bridgehead atoms. The van der Waals surface area contributed by atoms with Gasteiger partial charge in [0.15, 0.2) is 0 Å². The summed E-state index contributed by atoms with van der Waals surface area (Å²) >= 11 is 0. The Morgan fingerprint density at radius 3 is 2.29 bits per heavy atom. The number of rotatable bonds is 5. The van der Waals surface area contributed by atoms with Gasteiger partial charge >= 0.3 is 11.7 Å². The van der Waals surface area contributed by atoms with Crippen LogP contribution in [0.15, 0.2) is 41.3 Å². The maximum atomic E-state index is 12.6. The van der Waals surface area contributed by atoms with Crippen LogP contribution in [0.25, 0.3) is 5.69 Å². The largest absolute Gasteiger partial charge is 0.354 e. The molecular formula is C24H34N8O3. The second-order valence-corrected chi connectivity index (χ2v) is 9.85. The summed E-state index contributed by atoms with van der Waals surface area (Å²) in [6, 6.07) is 9.24. The Morgan fingerprint density at radius 1 is 1.06 bits per heavy atom. The fourth-order valence-corrected chi connectivity index (χ4v) is 4.40. The van der Waals surface area contributed by atoms with Crippen molar-refractivity contribution in [1.82, 2.24) is 24.3 Å². The first kappa shape index (κ1) is 24.8. The van der Waals surface area contributed by atoms with Gasteiger partial charge in [0.05, 0.1) is 11.2 Å². The van der Waals surface area contributed by atoms with E-state index < -0.39 is 11.2 Å². The summed E-state index contributed by atoms with van der Waals surface area (Å²) in [5, 5.41) is 2.68. The van der Waals surface area contributed by atoms with Crippen LogP contribution in [0, 0.1) is 0 Å². The molecule has 35 heavy (non-hydrogen) atoms. The van der Waals surface area contributed by atoms with Gasteiger partial charge in [-0.2, -0.15) is 4.98 Å². The van der Waals surface area contributed by atoms with Crippen LogP contribution in [0.4, 0.5) is 10.6 Å². The van der Waals surface area contributed by atoms with Gasteiger partial charge in [-0.1, -0.05) is 12.1 Å². The number of nitrogens with zero attached hydrogens (tertiary/aromatic N) is 5.